The monoisotopic (exact) mass is 332 g/mol. The molecule has 1 aliphatic rings. The van der Waals surface area contributed by atoms with Crippen LogP contribution in [0.15, 0.2) is 30.3 Å². The number of benzene rings is 1. The van der Waals surface area contributed by atoms with Gasteiger partial charge in [-0.1, -0.05) is 51.1 Å². The average molecular weight is 332 g/mol. The fourth-order valence-electron chi connectivity index (χ4n) is 2.83. The van der Waals surface area contributed by atoms with Gasteiger partial charge in [-0.2, -0.15) is 0 Å². The van der Waals surface area contributed by atoms with E-state index in [0.29, 0.717) is 19.4 Å². The van der Waals surface area contributed by atoms with Gasteiger partial charge < -0.3 is 15.3 Å². The van der Waals surface area contributed by atoms with Gasteiger partial charge in [-0.05, 0) is 23.8 Å². The van der Waals surface area contributed by atoms with Crippen molar-refractivity contribution in [1.29, 1.82) is 0 Å². The second kappa shape index (κ2) is 7.79. The van der Waals surface area contributed by atoms with Crippen LogP contribution < -0.4 is 5.32 Å². The van der Waals surface area contributed by atoms with Crippen LogP contribution in [-0.2, 0) is 16.0 Å². The molecule has 0 aliphatic carbocycles. The molecule has 1 aromatic carbocycles. The van der Waals surface area contributed by atoms with E-state index in [4.69, 9.17) is 0 Å². The summed E-state index contributed by atoms with van der Waals surface area (Å²) in [4.78, 5) is 26.6. The molecule has 5 heteroatoms. The van der Waals surface area contributed by atoms with E-state index in [2.05, 4.69) is 5.32 Å². The molecule has 0 aromatic heterocycles. The van der Waals surface area contributed by atoms with Gasteiger partial charge in [0.05, 0.1) is 12.5 Å². The van der Waals surface area contributed by atoms with Gasteiger partial charge in [0.1, 0.15) is 6.04 Å². The summed E-state index contributed by atoms with van der Waals surface area (Å²) < 4.78 is 0. The number of carbonyl (C=O) groups is 2. The van der Waals surface area contributed by atoms with Crippen molar-refractivity contribution in [2.24, 2.45) is 5.41 Å². The Balaban J connectivity index is 1.92. The quantitative estimate of drug-likeness (QED) is 0.863. The summed E-state index contributed by atoms with van der Waals surface area (Å²) in [6.45, 7) is 6.60. The molecule has 0 spiro atoms. The highest BCUT2D eigenvalue weighted by Crippen LogP contribution is 2.20. The molecule has 1 saturated heterocycles. The molecule has 2 unspecified atom stereocenters. The number of hydrogen-bond acceptors (Lipinski definition) is 3. The van der Waals surface area contributed by atoms with Crippen LogP contribution in [-0.4, -0.2) is 47.1 Å². The Morgan fingerprint density at radius 1 is 1.29 bits per heavy atom. The first-order valence-corrected chi connectivity index (χ1v) is 8.58. The van der Waals surface area contributed by atoms with Gasteiger partial charge in [0.2, 0.25) is 11.8 Å². The Morgan fingerprint density at radius 3 is 2.58 bits per heavy atom. The zero-order valence-electron chi connectivity index (χ0n) is 14.8. The Labute approximate surface area is 144 Å². The Bertz CT molecular complexity index is 566. The van der Waals surface area contributed by atoms with Crippen molar-refractivity contribution in [3.8, 4) is 0 Å². The molecule has 1 fully saturated rings. The van der Waals surface area contributed by atoms with E-state index in [0.717, 1.165) is 12.0 Å². The van der Waals surface area contributed by atoms with Gasteiger partial charge in [0, 0.05) is 13.1 Å². The molecule has 5 nitrogen and oxygen atoms in total. The first kappa shape index (κ1) is 18.5. The van der Waals surface area contributed by atoms with Crippen LogP contribution >= 0.6 is 0 Å². The third-order valence-corrected chi connectivity index (χ3v) is 4.54. The molecule has 132 valence electrons. The average Bonchev–Trinajstić information content (AvgIpc) is 3.02. The van der Waals surface area contributed by atoms with Crippen LogP contribution in [0.4, 0.5) is 0 Å². The van der Waals surface area contributed by atoms with Crippen molar-refractivity contribution < 1.29 is 14.7 Å². The molecule has 2 atom stereocenters. The molecule has 2 amide bonds. The Kier molecular flexibility index (Phi) is 5.99. The van der Waals surface area contributed by atoms with Gasteiger partial charge in [0.15, 0.2) is 0 Å². The van der Waals surface area contributed by atoms with Crippen molar-refractivity contribution in [1.82, 2.24) is 10.2 Å². The molecule has 24 heavy (non-hydrogen) atoms. The number of rotatable bonds is 5. The molecular formula is C19H28N2O3. The summed E-state index contributed by atoms with van der Waals surface area (Å²) >= 11 is 0. The molecule has 0 saturated carbocycles. The maximum Gasteiger partial charge on any atom is 0.242 e. The number of aliphatic hydroxyl groups excluding tert-OH is 1. The van der Waals surface area contributed by atoms with Crippen LogP contribution in [0.1, 0.15) is 39.2 Å². The normalized spacial score (nSPS) is 19.2. The van der Waals surface area contributed by atoms with Crippen molar-refractivity contribution in [3.05, 3.63) is 35.9 Å². The van der Waals surface area contributed by atoms with E-state index in [1.165, 1.54) is 0 Å². The first-order valence-electron chi connectivity index (χ1n) is 8.58. The molecular weight excluding hydrogens is 304 g/mol. The molecule has 2 N–H and O–H groups in total. The number of nitrogens with one attached hydrogen (secondary N) is 1. The molecule has 0 bridgehead atoms. The highest BCUT2D eigenvalue weighted by molar-refractivity contribution is 5.89. The predicted molar refractivity (Wildman–Crippen MR) is 93.4 cm³/mol. The van der Waals surface area contributed by atoms with Gasteiger partial charge in [-0.15, -0.1) is 0 Å². The summed E-state index contributed by atoms with van der Waals surface area (Å²) in [6, 6.07) is 9.15. The van der Waals surface area contributed by atoms with E-state index in [1.54, 1.807) is 4.90 Å². The summed E-state index contributed by atoms with van der Waals surface area (Å²) in [7, 11) is 0. The first-order chi connectivity index (χ1) is 11.3. The standard InChI is InChI=1S/C19H28N2O3/c1-19(2,3)16(22)13-20-18(24)15-10-7-11-21(15)17(23)12-14-8-5-4-6-9-14/h4-6,8-9,15-16,22H,7,10-13H2,1-3H3,(H,20,24). The van der Waals surface area contributed by atoms with Crippen molar-refractivity contribution >= 4 is 11.8 Å². The third kappa shape index (κ3) is 4.81. The van der Waals surface area contributed by atoms with Crippen molar-refractivity contribution in [3.63, 3.8) is 0 Å². The molecule has 0 radical (unpaired) electrons. The van der Waals surface area contributed by atoms with E-state index < -0.39 is 12.1 Å². The Hall–Kier alpha value is -1.88. The summed E-state index contributed by atoms with van der Waals surface area (Å²) in [5, 5.41) is 12.8. The lowest BCUT2D eigenvalue weighted by atomic mass is 9.89. The summed E-state index contributed by atoms with van der Waals surface area (Å²) in [5.74, 6) is -0.188. The van der Waals surface area contributed by atoms with Crippen LogP contribution in [0.25, 0.3) is 0 Å². The Morgan fingerprint density at radius 2 is 1.96 bits per heavy atom. The smallest absolute Gasteiger partial charge is 0.242 e. The molecule has 2 rings (SSSR count). The maximum atomic E-state index is 12.5. The van der Waals surface area contributed by atoms with Crippen molar-refractivity contribution in [2.75, 3.05) is 13.1 Å². The second-order valence-corrected chi connectivity index (χ2v) is 7.53. The van der Waals surface area contributed by atoms with E-state index in [9.17, 15) is 14.7 Å². The zero-order valence-corrected chi connectivity index (χ0v) is 14.8. The summed E-state index contributed by atoms with van der Waals surface area (Å²) in [6.07, 6.45) is 1.21. The minimum absolute atomic E-state index is 0.0183. The topological polar surface area (TPSA) is 69.6 Å². The van der Waals surface area contributed by atoms with Gasteiger partial charge >= 0.3 is 0 Å². The third-order valence-electron chi connectivity index (χ3n) is 4.54. The number of likely N-dealkylation sites (tertiary alicyclic amines) is 1. The van der Waals surface area contributed by atoms with Crippen LogP contribution in [0.3, 0.4) is 0 Å². The van der Waals surface area contributed by atoms with Gasteiger partial charge in [-0.3, -0.25) is 9.59 Å². The van der Waals surface area contributed by atoms with Crippen molar-refractivity contribution in [2.45, 2.75) is 52.2 Å². The molecule has 1 aliphatic heterocycles. The number of carbonyl (C=O) groups excluding carboxylic acids is 2. The van der Waals surface area contributed by atoms with E-state index in [1.807, 2.05) is 51.1 Å². The van der Waals surface area contributed by atoms with Gasteiger partial charge in [0.25, 0.3) is 0 Å². The largest absolute Gasteiger partial charge is 0.391 e. The predicted octanol–water partition coefficient (Wildman–Crippen LogP) is 1.74. The lowest BCUT2D eigenvalue weighted by Gasteiger charge is -2.28. The fraction of sp³-hybridized carbons (Fsp3) is 0.579. The molecule has 1 aromatic rings. The van der Waals surface area contributed by atoms with Gasteiger partial charge in [-0.25, -0.2) is 0 Å². The molecule has 1 heterocycles. The maximum absolute atomic E-state index is 12.5. The van der Waals surface area contributed by atoms with Crippen LogP contribution in [0, 0.1) is 5.41 Å². The minimum atomic E-state index is -0.615. The zero-order chi connectivity index (χ0) is 17.7. The van der Waals surface area contributed by atoms with Crippen LogP contribution in [0.5, 0.6) is 0 Å². The SMILES string of the molecule is CC(C)(C)C(O)CNC(=O)C1CCCN1C(=O)Cc1ccccc1. The van der Waals surface area contributed by atoms with Crippen LogP contribution in [0.2, 0.25) is 0 Å². The number of amides is 2. The fourth-order valence-corrected chi connectivity index (χ4v) is 2.83. The second-order valence-electron chi connectivity index (χ2n) is 7.53. The minimum Gasteiger partial charge on any atom is -0.391 e. The number of aliphatic hydroxyl groups is 1. The van der Waals surface area contributed by atoms with E-state index >= 15 is 0 Å². The lowest BCUT2D eigenvalue weighted by molar-refractivity contribution is -0.138. The summed E-state index contributed by atoms with van der Waals surface area (Å²) in [5.41, 5.74) is 0.669. The lowest BCUT2D eigenvalue weighted by Crippen LogP contribution is -2.49. The highest BCUT2D eigenvalue weighted by atomic mass is 16.3. The highest BCUT2D eigenvalue weighted by Gasteiger charge is 2.34. The van der Waals surface area contributed by atoms with E-state index in [-0.39, 0.29) is 23.8 Å². The number of hydrogen-bond donors (Lipinski definition) is 2. The number of nitrogens with zero attached hydrogens (tertiary/aromatic N) is 1.